The first-order valence-corrected chi connectivity index (χ1v) is 10.4. The van der Waals surface area contributed by atoms with Gasteiger partial charge in [-0.1, -0.05) is 17.8 Å². The van der Waals surface area contributed by atoms with Gasteiger partial charge in [0.2, 0.25) is 0 Å². The SMILES string of the molecule is CSc1nc(C)c(CCC(=O)OCC(=O)N[C@H](C)c2cccs2)c(C)n1. The molecule has 140 valence electrons. The van der Waals surface area contributed by atoms with Gasteiger partial charge in [0.25, 0.3) is 5.91 Å². The van der Waals surface area contributed by atoms with E-state index < -0.39 is 5.97 Å². The molecule has 0 fully saturated rings. The molecule has 8 heteroatoms. The highest BCUT2D eigenvalue weighted by Gasteiger charge is 2.14. The molecule has 0 unspecified atom stereocenters. The lowest BCUT2D eigenvalue weighted by Crippen LogP contribution is -2.30. The number of thiophene rings is 1. The van der Waals surface area contributed by atoms with E-state index in [0.717, 1.165) is 27.0 Å². The van der Waals surface area contributed by atoms with Crippen molar-refractivity contribution in [2.75, 3.05) is 12.9 Å². The van der Waals surface area contributed by atoms with Crippen LogP contribution < -0.4 is 5.32 Å². The van der Waals surface area contributed by atoms with E-state index >= 15 is 0 Å². The van der Waals surface area contributed by atoms with Crippen molar-refractivity contribution in [1.82, 2.24) is 15.3 Å². The number of ether oxygens (including phenoxy) is 1. The van der Waals surface area contributed by atoms with Crippen LogP contribution >= 0.6 is 23.1 Å². The van der Waals surface area contributed by atoms with Gasteiger partial charge in [-0.25, -0.2) is 9.97 Å². The van der Waals surface area contributed by atoms with Crippen LogP contribution in [0.3, 0.4) is 0 Å². The molecule has 26 heavy (non-hydrogen) atoms. The summed E-state index contributed by atoms with van der Waals surface area (Å²) in [6.07, 6.45) is 2.62. The number of thioether (sulfide) groups is 1. The van der Waals surface area contributed by atoms with Gasteiger partial charge in [0, 0.05) is 22.7 Å². The van der Waals surface area contributed by atoms with Crippen molar-refractivity contribution in [2.24, 2.45) is 0 Å². The highest BCUT2D eigenvalue weighted by molar-refractivity contribution is 7.98. The minimum absolute atomic E-state index is 0.0985. The molecule has 0 saturated heterocycles. The summed E-state index contributed by atoms with van der Waals surface area (Å²) in [5.41, 5.74) is 2.70. The van der Waals surface area contributed by atoms with Crippen molar-refractivity contribution in [1.29, 1.82) is 0 Å². The van der Waals surface area contributed by atoms with E-state index in [0.29, 0.717) is 6.42 Å². The molecule has 1 amide bonds. The first-order chi connectivity index (χ1) is 12.4. The molecule has 1 N–H and O–H groups in total. The van der Waals surface area contributed by atoms with Crippen molar-refractivity contribution in [3.8, 4) is 0 Å². The van der Waals surface area contributed by atoms with Crippen LogP contribution in [0.2, 0.25) is 0 Å². The fourth-order valence-corrected chi connectivity index (χ4v) is 3.69. The fraction of sp³-hybridized carbons (Fsp3) is 0.444. The Bertz CT molecular complexity index is 740. The van der Waals surface area contributed by atoms with E-state index in [-0.39, 0.29) is 25.0 Å². The summed E-state index contributed by atoms with van der Waals surface area (Å²) in [6.45, 7) is 5.45. The summed E-state index contributed by atoms with van der Waals surface area (Å²) in [5.74, 6) is -0.712. The number of carbonyl (C=O) groups is 2. The summed E-state index contributed by atoms with van der Waals surface area (Å²) in [6, 6.07) is 3.79. The maximum Gasteiger partial charge on any atom is 0.306 e. The number of esters is 1. The molecular formula is C18H23N3O3S2. The molecule has 2 heterocycles. The van der Waals surface area contributed by atoms with Crippen LogP contribution in [0.15, 0.2) is 22.7 Å². The van der Waals surface area contributed by atoms with Gasteiger partial charge in [0.15, 0.2) is 11.8 Å². The van der Waals surface area contributed by atoms with Gasteiger partial charge in [0.05, 0.1) is 6.04 Å². The second kappa shape index (κ2) is 9.68. The second-order valence-electron chi connectivity index (χ2n) is 5.82. The van der Waals surface area contributed by atoms with E-state index in [1.165, 1.54) is 11.8 Å². The molecular weight excluding hydrogens is 370 g/mol. The van der Waals surface area contributed by atoms with Crippen molar-refractivity contribution < 1.29 is 14.3 Å². The number of amides is 1. The quantitative estimate of drug-likeness (QED) is 0.421. The molecule has 6 nitrogen and oxygen atoms in total. The Morgan fingerprint density at radius 3 is 2.58 bits per heavy atom. The zero-order valence-electron chi connectivity index (χ0n) is 15.4. The third-order valence-electron chi connectivity index (χ3n) is 3.87. The van der Waals surface area contributed by atoms with E-state index in [2.05, 4.69) is 15.3 Å². The standard InChI is InChI=1S/C18H23N3O3S2/c1-11-14(12(2)21-18(20-11)25-4)7-8-17(23)24-10-16(22)19-13(3)15-6-5-9-26-15/h5-6,9,13H,7-8,10H2,1-4H3,(H,19,22)/t13-/m1/s1. The van der Waals surface area contributed by atoms with Crippen LogP contribution in [-0.4, -0.2) is 34.7 Å². The summed E-state index contributed by atoms with van der Waals surface area (Å²) < 4.78 is 5.08. The number of hydrogen-bond acceptors (Lipinski definition) is 7. The molecule has 2 rings (SSSR count). The number of nitrogens with one attached hydrogen (secondary N) is 1. The first kappa shape index (κ1) is 20.4. The molecule has 0 aromatic carbocycles. The summed E-state index contributed by atoms with van der Waals surface area (Å²) >= 11 is 3.06. The molecule has 0 radical (unpaired) electrons. The highest BCUT2D eigenvalue weighted by atomic mass is 32.2. The smallest absolute Gasteiger partial charge is 0.306 e. The number of aromatic nitrogens is 2. The molecule has 0 aliphatic heterocycles. The van der Waals surface area contributed by atoms with E-state index in [1.807, 2.05) is 44.5 Å². The monoisotopic (exact) mass is 393 g/mol. The van der Waals surface area contributed by atoms with Gasteiger partial charge in [-0.15, -0.1) is 11.3 Å². The zero-order chi connectivity index (χ0) is 19.1. The number of carbonyl (C=O) groups excluding carboxylic acids is 2. The van der Waals surface area contributed by atoms with E-state index in [4.69, 9.17) is 4.74 Å². The number of aryl methyl sites for hydroxylation is 2. The normalized spacial score (nSPS) is 11.8. The predicted octanol–water partition coefficient (Wildman–Crippen LogP) is 3.23. The summed E-state index contributed by atoms with van der Waals surface area (Å²) in [4.78, 5) is 33.7. The van der Waals surface area contributed by atoms with E-state index in [1.54, 1.807) is 11.3 Å². The Morgan fingerprint density at radius 1 is 1.31 bits per heavy atom. The van der Waals surface area contributed by atoms with Gasteiger partial charge in [-0.05, 0) is 50.5 Å². The zero-order valence-corrected chi connectivity index (χ0v) is 17.0. The minimum Gasteiger partial charge on any atom is -0.456 e. The minimum atomic E-state index is -0.406. The van der Waals surface area contributed by atoms with Crippen molar-refractivity contribution in [3.63, 3.8) is 0 Å². The molecule has 0 aliphatic rings. The lowest BCUT2D eigenvalue weighted by molar-refractivity contribution is -0.148. The topological polar surface area (TPSA) is 81.2 Å². The van der Waals surface area contributed by atoms with E-state index in [9.17, 15) is 9.59 Å². The van der Waals surface area contributed by atoms with Crippen molar-refractivity contribution in [3.05, 3.63) is 39.3 Å². The fourth-order valence-electron chi connectivity index (χ4n) is 2.50. The van der Waals surface area contributed by atoms with Crippen molar-refractivity contribution >= 4 is 35.0 Å². The average Bonchev–Trinajstić information content (AvgIpc) is 3.13. The first-order valence-electron chi connectivity index (χ1n) is 8.27. The summed E-state index contributed by atoms with van der Waals surface area (Å²) in [7, 11) is 0. The van der Waals surface area contributed by atoms with Crippen LogP contribution in [0.4, 0.5) is 0 Å². The number of hydrogen-bond donors (Lipinski definition) is 1. The van der Waals surface area contributed by atoms with Crippen LogP contribution in [-0.2, 0) is 20.7 Å². The van der Waals surface area contributed by atoms with Gasteiger partial charge < -0.3 is 10.1 Å². The van der Waals surface area contributed by atoms with Gasteiger partial charge in [-0.2, -0.15) is 0 Å². The lowest BCUT2D eigenvalue weighted by atomic mass is 10.1. The summed E-state index contributed by atoms with van der Waals surface area (Å²) in [5, 5.41) is 5.49. The van der Waals surface area contributed by atoms with Crippen LogP contribution in [0.1, 0.15) is 41.2 Å². The van der Waals surface area contributed by atoms with Crippen LogP contribution in [0.5, 0.6) is 0 Å². The third-order valence-corrected chi connectivity index (χ3v) is 5.48. The maximum atomic E-state index is 11.9. The molecule has 2 aromatic heterocycles. The lowest BCUT2D eigenvalue weighted by Gasteiger charge is -2.13. The van der Waals surface area contributed by atoms with Crippen LogP contribution in [0.25, 0.3) is 0 Å². The second-order valence-corrected chi connectivity index (χ2v) is 7.58. The number of rotatable bonds is 8. The van der Waals surface area contributed by atoms with Crippen LogP contribution in [0, 0.1) is 13.8 Å². The third kappa shape index (κ3) is 5.81. The molecule has 1 atom stereocenters. The number of nitrogens with zero attached hydrogens (tertiary/aromatic N) is 2. The van der Waals surface area contributed by atoms with Gasteiger partial charge in [0.1, 0.15) is 0 Å². The molecule has 0 aliphatic carbocycles. The Labute approximate surface area is 161 Å². The molecule has 0 bridgehead atoms. The van der Waals surface area contributed by atoms with Gasteiger partial charge >= 0.3 is 5.97 Å². The molecule has 2 aromatic rings. The highest BCUT2D eigenvalue weighted by Crippen LogP contribution is 2.18. The molecule has 0 saturated carbocycles. The average molecular weight is 394 g/mol. The predicted molar refractivity (Wildman–Crippen MR) is 103 cm³/mol. The Kier molecular flexibility index (Phi) is 7.59. The van der Waals surface area contributed by atoms with Crippen molar-refractivity contribution in [2.45, 2.75) is 44.8 Å². The largest absolute Gasteiger partial charge is 0.456 e. The molecule has 0 spiro atoms. The maximum absolute atomic E-state index is 11.9. The Hall–Kier alpha value is -1.93. The Morgan fingerprint density at radius 2 is 2.00 bits per heavy atom. The Balaban J connectivity index is 1.78. The van der Waals surface area contributed by atoms with Gasteiger partial charge in [-0.3, -0.25) is 9.59 Å².